The summed E-state index contributed by atoms with van der Waals surface area (Å²) >= 11 is 11.8. The van der Waals surface area contributed by atoms with Gasteiger partial charge in [-0.25, -0.2) is 4.79 Å². The molecule has 0 fully saturated rings. The Balaban J connectivity index is 1.56. The molecule has 25 heavy (non-hydrogen) atoms. The highest BCUT2D eigenvalue weighted by Gasteiger charge is 2.03. The molecule has 0 aliphatic carbocycles. The van der Waals surface area contributed by atoms with E-state index in [2.05, 4.69) is 17.2 Å². The average molecular weight is 374 g/mol. The summed E-state index contributed by atoms with van der Waals surface area (Å²) in [5, 5.41) is 4.76. The van der Waals surface area contributed by atoms with Crippen molar-refractivity contribution in [3.05, 3.63) is 69.0 Å². The van der Waals surface area contributed by atoms with Gasteiger partial charge in [-0.15, -0.1) is 0 Å². The van der Waals surface area contributed by atoms with Gasteiger partial charge in [0.1, 0.15) is 23.6 Å². The second-order valence-electron chi connectivity index (χ2n) is 5.06. The first-order chi connectivity index (χ1) is 12.1. The van der Waals surface area contributed by atoms with Gasteiger partial charge in [0, 0.05) is 10.4 Å². The normalized spacial score (nSPS) is 10.2. The molecule has 0 atom stereocenters. The molecule has 0 spiro atoms. The van der Waals surface area contributed by atoms with Crippen molar-refractivity contribution in [2.24, 2.45) is 0 Å². The van der Waals surface area contributed by atoms with E-state index in [4.69, 9.17) is 32.4 Å². The van der Waals surface area contributed by atoms with E-state index in [1.165, 1.54) is 0 Å². The summed E-state index contributed by atoms with van der Waals surface area (Å²) in [7, 11) is 0. The number of fused-ring (bicyclic) bond motifs is 1. The van der Waals surface area contributed by atoms with Crippen molar-refractivity contribution >= 4 is 39.9 Å². The largest absolute Gasteiger partial charge is 0.479 e. The zero-order valence-corrected chi connectivity index (χ0v) is 14.5. The van der Waals surface area contributed by atoms with Gasteiger partial charge in [0.2, 0.25) is 0 Å². The Bertz CT molecular complexity index is 1020. The maximum absolute atomic E-state index is 11.9. The zero-order chi connectivity index (χ0) is 17.6. The van der Waals surface area contributed by atoms with Crippen molar-refractivity contribution in [1.82, 2.24) is 0 Å². The SMILES string of the molecule is O=c1oc2ccccc2cc1NCC#CCOc1ccc(Cl)cc1Cl. The van der Waals surface area contributed by atoms with Gasteiger partial charge in [0.15, 0.2) is 0 Å². The summed E-state index contributed by atoms with van der Waals surface area (Å²) in [5.74, 6) is 6.24. The standard InChI is InChI=1S/C19H13Cl2NO3/c20-14-7-8-18(15(21)12-14)24-10-4-3-9-22-16-11-13-5-1-2-6-17(13)25-19(16)23/h1-2,5-8,11-12,22H,9-10H2. The third-order valence-corrected chi connectivity index (χ3v) is 3.86. The molecule has 3 rings (SSSR count). The van der Waals surface area contributed by atoms with Crippen LogP contribution in [0.15, 0.2) is 57.7 Å². The van der Waals surface area contributed by atoms with E-state index >= 15 is 0 Å². The maximum atomic E-state index is 11.9. The molecule has 0 amide bonds. The second kappa shape index (κ2) is 7.98. The third kappa shape index (κ3) is 4.48. The minimum atomic E-state index is -0.426. The first-order valence-corrected chi connectivity index (χ1v) is 8.19. The molecule has 2 aromatic carbocycles. The van der Waals surface area contributed by atoms with Crippen molar-refractivity contribution in [2.45, 2.75) is 0 Å². The highest BCUT2D eigenvalue weighted by Crippen LogP contribution is 2.27. The molecular weight excluding hydrogens is 361 g/mol. The van der Waals surface area contributed by atoms with Crippen LogP contribution >= 0.6 is 23.2 Å². The Morgan fingerprint density at radius 1 is 1.08 bits per heavy atom. The van der Waals surface area contributed by atoms with Crippen molar-refractivity contribution in [2.75, 3.05) is 18.5 Å². The van der Waals surface area contributed by atoms with Crippen molar-refractivity contribution in [1.29, 1.82) is 0 Å². The predicted molar refractivity (Wildman–Crippen MR) is 101 cm³/mol. The fourth-order valence-corrected chi connectivity index (χ4v) is 2.61. The molecule has 0 bridgehead atoms. The van der Waals surface area contributed by atoms with Gasteiger partial charge in [-0.1, -0.05) is 53.2 Å². The summed E-state index contributed by atoms with van der Waals surface area (Å²) in [6.07, 6.45) is 0. The summed E-state index contributed by atoms with van der Waals surface area (Å²) in [5.41, 5.74) is 0.497. The van der Waals surface area contributed by atoms with Gasteiger partial charge in [0.25, 0.3) is 0 Å². The first kappa shape index (κ1) is 17.2. The molecule has 0 unspecified atom stereocenters. The second-order valence-corrected chi connectivity index (χ2v) is 5.90. The smallest absolute Gasteiger partial charge is 0.359 e. The number of anilines is 1. The van der Waals surface area contributed by atoms with Gasteiger partial charge >= 0.3 is 5.63 Å². The summed E-state index contributed by atoms with van der Waals surface area (Å²) in [6, 6.07) is 14.0. The number of para-hydroxylation sites is 1. The maximum Gasteiger partial charge on any atom is 0.359 e. The predicted octanol–water partition coefficient (Wildman–Crippen LogP) is 4.59. The molecule has 1 heterocycles. The fraction of sp³-hybridized carbons (Fsp3) is 0.105. The monoisotopic (exact) mass is 373 g/mol. The number of rotatable bonds is 4. The lowest BCUT2D eigenvalue weighted by atomic mass is 10.2. The molecule has 1 aromatic heterocycles. The van der Waals surface area contributed by atoms with Crippen molar-refractivity contribution < 1.29 is 9.15 Å². The van der Waals surface area contributed by atoms with Crippen LogP contribution in [0, 0.1) is 11.8 Å². The molecule has 1 N–H and O–H groups in total. The minimum absolute atomic E-state index is 0.176. The molecule has 6 heteroatoms. The lowest BCUT2D eigenvalue weighted by Crippen LogP contribution is -2.10. The molecule has 126 valence electrons. The number of hydrogen-bond acceptors (Lipinski definition) is 4. The van der Waals surface area contributed by atoms with E-state index < -0.39 is 5.63 Å². The minimum Gasteiger partial charge on any atom is -0.479 e. The van der Waals surface area contributed by atoms with E-state index in [1.807, 2.05) is 18.2 Å². The zero-order valence-electron chi connectivity index (χ0n) is 13.0. The van der Waals surface area contributed by atoms with Gasteiger partial charge in [0.05, 0.1) is 11.6 Å². The van der Waals surface area contributed by atoms with Crippen LogP contribution in [0.25, 0.3) is 11.0 Å². The lowest BCUT2D eigenvalue weighted by Gasteiger charge is -2.04. The number of nitrogens with one attached hydrogen (secondary N) is 1. The number of ether oxygens (including phenoxy) is 1. The van der Waals surface area contributed by atoms with Crippen LogP contribution in [0.2, 0.25) is 10.0 Å². The topological polar surface area (TPSA) is 51.5 Å². The highest BCUT2D eigenvalue weighted by atomic mass is 35.5. The third-order valence-electron chi connectivity index (χ3n) is 3.33. The van der Waals surface area contributed by atoms with Gasteiger partial charge in [-0.2, -0.15) is 0 Å². The van der Waals surface area contributed by atoms with E-state index in [9.17, 15) is 4.79 Å². The van der Waals surface area contributed by atoms with Crippen LogP contribution in [-0.4, -0.2) is 13.2 Å². The number of benzene rings is 2. The Labute approximate surface area is 154 Å². The van der Waals surface area contributed by atoms with E-state index in [-0.39, 0.29) is 6.61 Å². The molecular formula is C19H13Cl2NO3. The van der Waals surface area contributed by atoms with Crippen molar-refractivity contribution in [3.63, 3.8) is 0 Å². The molecule has 0 aliphatic heterocycles. The van der Waals surface area contributed by atoms with Crippen LogP contribution in [0.1, 0.15) is 0 Å². The Hall–Kier alpha value is -2.61. The molecule has 0 radical (unpaired) electrons. The average Bonchev–Trinajstić information content (AvgIpc) is 2.59. The van der Waals surface area contributed by atoms with Crippen LogP contribution in [-0.2, 0) is 0 Å². The fourth-order valence-electron chi connectivity index (χ4n) is 2.14. The van der Waals surface area contributed by atoms with Crippen molar-refractivity contribution in [3.8, 4) is 17.6 Å². The van der Waals surface area contributed by atoms with Crippen LogP contribution < -0.4 is 15.7 Å². The summed E-state index contributed by atoms with van der Waals surface area (Å²) in [4.78, 5) is 11.9. The lowest BCUT2D eigenvalue weighted by molar-refractivity contribution is 0.370. The molecule has 4 nitrogen and oxygen atoms in total. The summed E-state index contributed by atoms with van der Waals surface area (Å²) in [6.45, 7) is 0.468. The quantitative estimate of drug-likeness (QED) is 0.536. The van der Waals surface area contributed by atoms with Gasteiger partial charge in [-0.3, -0.25) is 0 Å². The Morgan fingerprint density at radius 3 is 2.76 bits per heavy atom. The highest BCUT2D eigenvalue weighted by molar-refractivity contribution is 6.35. The van der Waals surface area contributed by atoms with E-state index in [0.29, 0.717) is 33.6 Å². The van der Waals surface area contributed by atoms with Crippen LogP contribution in [0.5, 0.6) is 5.75 Å². The van der Waals surface area contributed by atoms with Gasteiger partial charge < -0.3 is 14.5 Å². The van der Waals surface area contributed by atoms with E-state index in [0.717, 1.165) is 5.39 Å². The van der Waals surface area contributed by atoms with E-state index in [1.54, 1.807) is 30.3 Å². The number of halogens is 2. The van der Waals surface area contributed by atoms with Crippen LogP contribution in [0.3, 0.4) is 0 Å². The Kier molecular flexibility index (Phi) is 5.49. The first-order valence-electron chi connectivity index (χ1n) is 7.44. The molecule has 0 saturated carbocycles. The molecule has 0 saturated heterocycles. The molecule has 0 aliphatic rings. The van der Waals surface area contributed by atoms with Gasteiger partial charge in [-0.05, 0) is 30.3 Å². The number of hydrogen-bond donors (Lipinski definition) is 1. The molecule has 3 aromatic rings. The van der Waals surface area contributed by atoms with Crippen LogP contribution in [0.4, 0.5) is 5.69 Å². The Morgan fingerprint density at radius 2 is 1.92 bits per heavy atom. The summed E-state index contributed by atoms with van der Waals surface area (Å²) < 4.78 is 10.7.